The summed E-state index contributed by atoms with van der Waals surface area (Å²) in [6, 6.07) is 5.44. The molecule has 1 aromatic carbocycles. The minimum atomic E-state index is -4.26. The van der Waals surface area contributed by atoms with Crippen LogP contribution in [-0.4, -0.2) is 23.8 Å². The van der Waals surface area contributed by atoms with Gasteiger partial charge in [-0.05, 0) is 18.7 Å². The van der Waals surface area contributed by atoms with Gasteiger partial charge in [-0.1, -0.05) is 34.1 Å². The molecule has 0 aliphatic carbocycles. The van der Waals surface area contributed by atoms with Crippen LogP contribution in [0.4, 0.5) is 13.2 Å². The Morgan fingerprint density at radius 1 is 1.31 bits per heavy atom. The quantitative estimate of drug-likeness (QED) is 0.768. The largest absolute Gasteiger partial charge is 0.416 e. The van der Waals surface area contributed by atoms with Crippen LogP contribution in [0, 0.1) is 0 Å². The summed E-state index contributed by atoms with van der Waals surface area (Å²) in [5, 5.41) is 0.808. The molecule has 90 valence electrons. The van der Waals surface area contributed by atoms with Gasteiger partial charge in [0.25, 0.3) is 0 Å². The summed E-state index contributed by atoms with van der Waals surface area (Å²) in [5.74, 6) is 0. The van der Waals surface area contributed by atoms with E-state index >= 15 is 0 Å². The van der Waals surface area contributed by atoms with E-state index in [0.717, 1.165) is 17.9 Å². The predicted molar refractivity (Wildman–Crippen MR) is 61.6 cm³/mol. The summed E-state index contributed by atoms with van der Waals surface area (Å²) < 4.78 is 37.3. The normalized spacial score (nSPS) is 12.1. The van der Waals surface area contributed by atoms with Gasteiger partial charge in [0.2, 0.25) is 0 Å². The smallest absolute Gasteiger partial charge is 0.301 e. The first-order valence-corrected chi connectivity index (χ1v) is 5.96. The number of hydrogen-bond donors (Lipinski definition) is 0. The lowest BCUT2D eigenvalue weighted by Crippen LogP contribution is -2.20. The van der Waals surface area contributed by atoms with Crippen molar-refractivity contribution < 1.29 is 13.2 Å². The van der Waals surface area contributed by atoms with Gasteiger partial charge in [0.05, 0.1) is 5.56 Å². The molecule has 0 unspecified atom stereocenters. The topological polar surface area (TPSA) is 3.24 Å². The fourth-order valence-corrected chi connectivity index (χ4v) is 1.99. The monoisotopic (exact) mass is 295 g/mol. The van der Waals surface area contributed by atoms with Crippen LogP contribution < -0.4 is 0 Å². The maximum absolute atomic E-state index is 12.4. The highest BCUT2D eigenvalue weighted by Gasteiger charge is 2.30. The van der Waals surface area contributed by atoms with E-state index in [1.807, 2.05) is 11.9 Å². The molecule has 0 spiro atoms. The average molecular weight is 296 g/mol. The van der Waals surface area contributed by atoms with Crippen LogP contribution in [0.3, 0.4) is 0 Å². The molecule has 0 N–H and O–H groups in total. The number of alkyl halides is 4. The third-order valence-electron chi connectivity index (χ3n) is 2.17. The molecule has 0 aliphatic heterocycles. The van der Waals surface area contributed by atoms with Gasteiger partial charge in [-0.3, -0.25) is 0 Å². The maximum Gasteiger partial charge on any atom is 0.416 e. The summed E-state index contributed by atoms with van der Waals surface area (Å²) in [5.41, 5.74) is 0.0931. The van der Waals surface area contributed by atoms with Crippen LogP contribution in [0.5, 0.6) is 0 Å². The van der Waals surface area contributed by atoms with Crippen LogP contribution in [0.2, 0.25) is 0 Å². The second kappa shape index (κ2) is 5.68. The van der Waals surface area contributed by atoms with Crippen molar-refractivity contribution in [1.82, 2.24) is 4.90 Å². The van der Waals surface area contributed by atoms with E-state index in [9.17, 15) is 13.2 Å². The summed E-state index contributed by atoms with van der Waals surface area (Å²) in [6.45, 7) is 1.33. The van der Waals surface area contributed by atoms with Crippen LogP contribution >= 0.6 is 15.9 Å². The van der Waals surface area contributed by atoms with Gasteiger partial charge in [0, 0.05) is 18.4 Å². The number of hydrogen-bond acceptors (Lipinski definition) is 1. The summed E-state index contributed by atoms with van der Waals surface area (Å²) in [4.78, 5) is 1.96. The molecule has 0 amide bonds. The van der Waals surface area contributed by atoms with Crippen LogP contribution in [0.25, 0.3) is 0 Å². The third kappa shape index (κ3) is 4.14. The van der Waals surface area contributed by atoms with E-state index in [1.54, 1.807) is 6.07 Å². The Labute approximate surface area is 101 Å². The van der Waals surface area contributed by atoms with Crippen molar-refractivity contribution in [3.8, 4) is 0 Å². The van der Waals surface area contributed by atoms with Gasteiger partial charge >= 0.3 is 6.18 Å². The van der Waals surface area contributed by atoms with E-state index in [4.69, 9.17) is 0 Å². The molecule has 0 saturated heterocycles. The first-order chi connectivity index (χ1) is 7.43. The summed E-state index contributed by atoms with van der Waals surface area (Å²) in [7, 11) is 1.88. The third-order valence-corrected chi connectivity index (χ3v) is 2.53. The molecule has 0 saturated carbocycles. The van der Waals surface area contributed by atoms with E-state index in [2.05, 4.69) is 15.9 Å². The lowest BCUT2D eigenvalue weighted by Gasteiger charge is -2.16. The fourth-order valence-electron chi connectivity index (χ4n) is 1.38. The maximum atomic E-state index is 12.4. The highest BCUT2D eigenvalue weighted by atomic mass is 79.9. The first kappa shape index (κ1) is 13.5. The predicted octanol–water partition coefficient (Wildman–Crippen LogP) is 3.53. The van der Waals surface area contributed by atoms with Crippen LogP contribution in [0.1, 0.15) is 11.1 Å². The highest BCUT2D eigenvalue weighted by Crippen LogP contribution is 2.29. The lowest BCUT2D eigenvalue weighted by atomic mass is 10.1. The summed E-state index contributed by atoms with van der Waals surface area (Å²) >= 11 is 3.29. The van der Waals surface area contributed by atoms with Gasteiger partial charge in [0.1, 0.15) is 0 Å². The number of rotatable bonds is 4. The molecule has 0 aliphatic rings. The molecule has 0 fully saturated rings. The molecule has 1 aromatic rings. The zero-order valence-electron chi connectivity index (χ0n) is 8.89. The van der Waals surface area contributed by atoms with Gasteiger partial charge in [-0.15, -0.1) is 0 Å². The zero-order chi connectivity index (χ0) is 12.2. The van der Waals surface area contributed by atoms with Crippen molar-refractivity contribution in [2.24, 2.45) is 0 Å². The zero-order valence-corrected chi connectivity index (χ0v) is 10.5. The second-order valence-electron chi connectivity index (χ2n) is 3.62. The Bertz CT molecular complexity index is 338. The Hall–Kier alpha value is -0.550. The van der Waals surface area contributed by atoms with Crippen molar-refractivity contribution in [1.29, 1.82) is 0 Å². The molecule has 0 atom stereocenters. The molecule has 1 nitrogen and oxygen atoms in total. The van der Waals surface area contributed by atoms with Gasteiger partial charge < -0.3 is 4.90 Å². The van der Waals surface area contributed by atoms with Crippen molar-refractivity contribution in [3.63, 3.8) is 0 Å². The number of benzene rings is 1. The Kier molecular flexibility index (Phi) is 4.80. The van der Waals surface area contributed by atoms with Crippen LogP contribution in [0.15, 0.2) is 24.3 Å². The first-order valence-electron chi connectivity index (χ1n) is 4.84. The van der Waals surface area contributed by atoms with Crippen molar-refractivity contribution in [2.75, 3.05) is 18.9 Å². The van der Waals surface area contributed by atoms with Crippen molar-refractivity contribution >= 4 is 15.9 Å². The molecule has 0 radical (unpaired) electrons. The van der Waals surface area contributed by atoms with Gasteiger partial charge in [0.15, 0.2) is 0 Å². The fraction of sp³-hybridized carbons (Fsp3) is 0.455. The van der Waals surface area contributed by atoms with Gasteiger partial charge in [-0.2, -0.15) is 13.2 Å². The Morgan fingerprint density at radius 2 is 2.00 bits per heavy atom. The molecular formula is C11H13BrF3N. The minimum absolute atomic E-state index is 0.523. The van der Waals surface area contributed by atoms with Crippen molar-refractivity contribution in [3.05, 3.63) is 35.4 Å². The molecule has 16 heavy (non-hydrogen) atoms. The molecule has 5 heteroatoms. The Morgan fingerprint density at radius 3 is 2.56 bits per heavy atom. The van der Waals surface area contributed by atoms with Crippen LogP contribution in [-0.2, 0) is 12.7 Å². The van der Waals surface area contributed by atoms with E-state index in [1.165, 1.54) is 12.1 Å². The van der Waals surface area contributed by atoms with E-state index in [0.29, 0.717) is 12.1 Å². The molecule has 0 bridgehead atoms. The number of halogens is 4. The minimum Gasteiger partial charge on any atom is -0.301 e. The SMILES string of the molecule is CN(CCBr)Cc1cccc(C(F)(F)F)c1. The average Bonchev–Trinajstić information content (AvgIpc) is 2.17. The van der Waals surface area contributed by atoms with E-state index < -0.39 is 11.7 Å². The summed E-state index contributed by atoms with van der Waals surface area (Å²) in [6.07, 6.45) is -4.26. The number of nitrogens with zero attached hydrogens (tertiary/aromatic N) is 1. The standard InChI is InChI=1S/C11H13BrF3N/c1-16(6-5-12)8-9-3-2-4-10(7-9)11(13,14)15/h2-4,7H,5-6,8H2,1H3. The molecule has 0 heterocycles. The second-order valence-corrected chi connectivity index (χ2v) is 4.42. The Balaban J connectivity index is 2.75. The molecule has 1 rings (SSSR count). The lowest BCUT2D eigenvalue weighted by molar-refractivity contribution is -0.137. The highest BCUT2D eigenvalue weighted by molar-refractivity contribution is 9.09. The van der Waals surface area contributed by atoms with Crippen molar-refractivity contribution in [2.45, 2.75) is 12.7 Å². The molecule has 0 aromatic heterocycles. The van der Waals surface area contributed by atoms with Gasteiger partial charge in [-0.25, -0.2) is 0 Å². The molecular weight excluding hydrogens is 283 g/mol. The van der Waals surface area contributed by atoms with E-state index in [-0.39, 0.29) is 0 Å².